The number of hydrogen-bond acceptors (Lipinski definition) is 4. The van der Waals surface area contributed by atoms with Crippen LogP contribution >= 0.6 is 0 Å². The van der Waals surface area contributed by atoms with Gasteiger partial charge in [0, 0.05) is 5.56 Å². The van der Waals surface area contributed by atoms with E-state index in [1.165, 1.54) is 0 Å². The van der Waals surface area contributed by atoms with Gasteiger partial charge in [-0.15, -0.1) is 0 Å². The Kier molecular flexibility index (Phi) is 6.24. The largest absolute Gasteiger partial charge is 0.497 e. The average Bonchev–Trinajstić information content (AvgIpc) is 2.59. The molecule has 1 unspecified atom stereocenters. The summed E-state index contributed by atoms with van der Waals surface area (Å²) in [6, 6.07) is 11.3. The summed E-state index contributed by atoms with van der Waals surface area (Å²) in [6.45, 7) is 8.41. The number of ether oxygens (including phenoxy) is 3. The highest BCUT2D eigenvalue weighted by molar-refractivity contribution is 5.61. The number of nitrogens with zero attached hydrogens (tertiary/aromatic N) is 2. The van der Waals surface area contributed by atoms with Crippen LogP contribution in [0, 0.1) is 12.3 Å². The molecule has 0 saturated carbocycles. The SMILES string of the molecule is COc1ccc(OCC(C)Oc2cc(C)c([N+]#N)c(C(C)C)c2)cc1. The van der Waals surface area contributed by atoms with Crippen molar-refractivity contribution < 1.29 is 14.2 Å². The number of rotatable bonds is 7. The van der Waals surface area contributed by atoms with Crippen LogP contribution in [-0.4, -0.2) is 19.8 Å². The van der Waals surface area contributed by atoms with Crippen molar-refractivity contribution in [3.63, 3.8) is 0 Å². The van der Waals surface area contributed by atoms with Gasteiger partial charge >= 0.3 is 5.69 Å². The summed E-state index contributed by atoms with van der Waals surface area (Å²) < 4.78 is 16.9. The quantitative estimate of drug-likeness (QED) is 0.628. The van der Waals surface area contributed by atoms with E-state index >= 15 is 0 Å². The third-order valence-electron chi connectivity index (χ3n) is 3.91. The lowest BCUT2D eigenvalue weighted by Gasteiger charge is -2.17. The molecule has 1 atom stereocenters. The first-order valence-electron chi connectivity index (χ1n) is 8.37. The van der Waals surface area contributed by atoms with Crippen molar-refractivity contribution in [2.45, 2.75) is 39.7 Å². The lowest BCUT2D eigenvalue weighted by atomic mass is 9.98. The number of benzene rings is 2. The van der Waals surface area contributed by atoms with E-state index in [1.54, 1.807) is 7.11 Å². The molecular weight excluding hydrogens is 316 g/mol. The predicted molar refractivity (Wildman–Crippen MR) is 98.6 cm³/mol. The number of diazo groups is 1. The maximum Gasteiger partial charge on any atom is 0.391 e. The molecule has 0 radical (unpaired) electrons. The molecule has 0 N–H and O–H groups in total. The molecule has 2 aromatic carbocycles. The lowest BCUT2D eigenvalue weighted by Crippen LogP contribution is -2.21. The monoisotopic (exact) mass is 341 g/mol. The minimum atomic E-state index is -0.126. The summed E-state index contributed by atoms with van der Waals surface area (Å²) in [5, 5.41) is 9.22. The molecule has 2 rings (SSSR count). The van der Waals surface area contributed by atoms with Gasteiger partial charge in [-0.05, 0) is 56.2 Å². The second kappa shape index (κ2) is 8.39. The van der Waals surface area contributed by atoms with Crippen molar-refractivity contribution in [1.82, 2.24) is 0 Å². The molecule has 0 amide bonds. The highest BCUT2D eigenvalue weighted by atomic mass is 16.5. The number of hydrogen-bond donors (Lipinski definition) is 0. The van der Waals surface area contributed by atoms with Crippen molar-refractivity contribution >= 4 is 5.69 Å². The zero-order chi connectivity index (χ0) is 18.4. The Labute approximate surface area is 149 Å². The van der Waals surface area contributed by atoms with Gasteiger partial charge in [-0.3, -0.25) is 0 Å². The van der Waals surface area contributed by atoms with Crippen LogP contribution in [-0.2, 0) is 0 Å². The van der Waals surface area contributed by atoms with Gasteiger partial charge in [0.2, 0.25) is 5.39 Å². The molecular formula is C20H25N2O3+. The second-order valence-corrected chi connectivity index (χ2v) is 6.35. The molecule has 0 bridgehead atoms. The Morgan fingerprint density at radius 2 is 1.64 bits per heavy atom. The standard InChI is InChI=1S/C20H25N2O3/c1-13(2)19-11-18(10-14(3)20(19)22-21)25-15(4)12-24-17-8-6-16(23-5)7-9-17/h6-11,13,15H,12H2,1-5H3/q+1. The summed E-state index contributed by atoms with van der Waals surface area (Å²) in [6.07, 6.45) is -0.126. The summed E-state index contributed by atoms with van der Waals surface area (Å²) in [4.78, 5) is 3.41. The zero-order valence-electron chi connectivity index (χ0n) is 15.4. The Morgan fingerprint density at radius 1 is 1.00 bits per heavy atom. The molecule has 0 heterocycles. The Balaban J connectivity index is 2.02. The fraction of sp³-hybridized carbons (Fsp3) is 0.400. The maximum atomic E-state index is 9.22. The van der Waals surface area contributed by atoms with Crippen LogP contribution in [0.5, 0.6) is 17.2 Å². The Bertz CT molecular complexity index is 749. The second-order valence-electron chi connectivity index (χ2n) is 6.35. The molecule has 5 heteroatoms. The van der Waals surface area contributed by atoms with Crippen LogP contribution in [0.1, 0.15) is 37.8 Å². The van der Waals surface area contributed by atoms with Gasteiger partial charge in [-0.1, -0.05) is 13.8 Å². The Hall–Kier alpha value is -2.74. The summed E-state index contributed by atoms with van der Waals surface area (Å²) in [7, 11) is 1.63. The van der Waals surface area contributed by atoms with E-state index in [-0.39, 0.29) is 12.0 Å². The van der Waals surface area contributed by atoms with E-state index in [0.717, 1.165) is 28.4 Å². The van der Waals surface area contributed by atoms with Crippen LogP contribution in [0.15, 0.2) is 36.4 Å². The van der Waals surface area contributed by atoms with Crippen LogP contribution in [0.3, 0.4) is 0 Å². The van der Waals surface area contributed by atoms with E-state index in [1.807, 2.05) is 50.2 Å². The molecule has 0 saturated heterocycles. The summed E-state index contributed by atoms with van der Waals surface area (Å²) in [5.74, 6) is 2.55. The first kappa shape index (κ1) is 18.6. The topological polar surface area (TPSA) is 55.8 Å². The van der Waals surface area contributed by atoms with Gasteiger partial charge in [-0.2, -0.15) is 0 Å². The molecule has 5 nitrogen and oxygen atoms in total. The molecule has 0 aliphatic rings. The Morgan fingerprint density at radius 3 is 2.20 bits per heavy atom. The van der Waals surface area contributed by atoms with Gasteiger partial charge in [0.1, 0.15) is 30.0 Å². The molecule has 0 aromatic heterocycles. The van der Waals surface area contributed by atoms with E-state index in [0.29, 0.717) is 12.3 Å². The predicted octanol–water partition coefficient (Wildman–Crippen LogP) is 5.46. The van der Waals surface area contributed by atoms with Crippen LogP contribution in [0.2, 0.25) is 0 Å². The van der Waals surface area contributed by atoms with E-state index in [9.17, 15) is 5.39 Å². The van der Waals surface area contributed by atoms with Crippen LogP contribution in [0.4, 0.5) is 5.69 Å². The first-order valence-corrected chi connectivity index (χ1v) is 8.37. The smallest absolute Gasteiger partial charge is 0.391 e. The van der Waals surface area contributed by atoms with E-state index < -0.39 is 0 Å². The minimum Gasteiger partial charge on any atom is -0.497 e. The lowest BCUT2D eigenvalue weighted by molar-refractivity contribution is 0.143. The van der Waals surface area contributed by atoms with Crippen molar-refractivity contribution in [2.24, 2.45) is 0 Å². The van der Waals surface area contributed by atoms with Crippen molar-refractivity contribution in [3.8, 4) is 17.2 Å². The highest BCUT2D eigenvalue weighted by Gasteiger charge is 2.22. The average molecular weight is 341 g/mol. The summed E-state index contributed by atoms with van der Waals surface area (Å²) >= 11 is 0. The van der Waals surface area contributed by atoms with Crippen LogP contribution < -0.4 is 14.2 Å². The van der Waals surface area contributed by atoms with Crippen molar-refractivity contribution in [1.29, 1.82) is 5.39 Å². The molecule has 0 aliphatic heterocycles. The molecule has 0 spiro atoms. The molecule has 132 valence electrons. The van der Waals surface area contributed by atoms with Gasteiger partial charge < -0.3 is 14.2 Å². The number of aryl methyl sites for hydroxylation is 1. The van der Waals surface area contributed by atoms with Crippen molar-refractivity contribution in [3.05, 3.63) is 52.5 Å². The molecule has 0 aliphatic carbocycles. The molecule has 25 heavy (non-hydrogen) atoms. The minimum absolute atomic E-state index is 0.126. The normalized spacial score (nSPS) is 11.7. The van der Waals surface area contributed by atoms with Crippen LogP contribution in [0.25, 0.3) is 4.98 Å². The van der Waals surface area contributed by atoms with E-state index in [4.69, 9.17) is 14.2 Å². The number of methoxy groups -OCH3 is 1. The third kappa shape index (κ3) is 4.87. The fourth-order valence-electron chi connectivity index (χ4n) is 2.57. The first-order chi connectivity index (χ1) is 11.9. The highest BCUT2D eigenvalue weighted by Crippen LogP contribution is 2.34. The molecule has 0 fully saturated rings. The van der Waals surface area contributed by atoms with Gasteiger partial charge in [0.05, 0.1) is 12.7 Å². The van der Waals surface area contributed by atoms with E-state index in [2.05, 4.69) is 18.8 Å². The summed E-state index contributed by atoms with van der Waals surface area (Å²) in [5.41, 5.74) is 2.46. The molecule has 2 aromatic rings. The van der Waals surface area contributed by atoms with Gasteiger partial charge in [0.25, 0.3) is 0 Å². The maximum absolute atomic E-state index is 9.22. The zero-order valence-corrected chi connectivity index (χ0v) is 15.4. The van der Waals surface area contributed by atoms with Crippen molar-refractivity contribution in [2.75, 3.05) is 13.7 Å². The third-order valence-corrected chi connectivity index (χ3v) is 3.91. The van der Waals surface area contributed by atoms with Gasteiger partial charge in [-0.25, -0.2) is 0 Å². The fourth-order valence-corrected chi connectivity index (χ4v) is 2.57. The van der Waals surface area contributed by atoms with Gasteiger partial charge in [0.15, 0.2) is 4.98 Å².